The lowest BCUT2D eigenvalue weighted by Crippen LogP contribution is -2.42. The largest absolute Gasteiger partial charge is 0.381 e. The van der Waals surface area contributed by atoms with E-state index in [1.807, 2.05) is 26.2 Å². The molecule has 1 saturated heterocycles. The number of anilines is 1. The smallest absolute Gasteiger partial charge is 0.237 e. The van der Waals surface area contributed by atoms with Crippen LogP contribution >= 0.6 is 0 Å². The number of likely N-dealkylation sites (N-methyl/N-ethyl adjacent to an activating group) is 1. The summed E-state index contributed by atoms with van der Waals surface area (Å²) < 4.78 is 5.47. The van der Waals surface area contributed by atoms with Gasteiger partial charge in [0.05, 0.1) is 10.9 Å². The first-order valence-electron chi connectivity index (χ1n) is 7.26. The Hall–Kier alpha value is -2.01. The van der Waals surface area contributed by atoms with Gasteiger partial charge in [0.2, 0.25) is 5.91 Å². The van der Waals surface area contributed by atoms with Gasteiger partial charge in [-0.05, 0) is 37.5 Å². The van der Waals surface area contributed by atoms with Gasteiger partial charge in [-0.3, -0.25) is 4.79 Å². The Morgan fingerprint density at radius 3 is 2.81 bits per heavy atom. The summed E-state index contributed by atoms with van der Waals surface area (Å²) in [6, 6.07) is 4.11. The minimum Gasteiger partial charge on any atom is -0.381 e. The number of hydrogen-bond donors (Lipinski definition) is 0. The summed E-state index contributed by atoms with van der Waals surface area (Å²) >= 11 is 0. The Morgan fingerprint density at radius 1 is 1.29 bits per heavy atom. The van der Waals surface area contributed by atoms with E-state index in [1.165, 1.54) is 0 Å². The van der Waals surface area contributed by atoms with Gasteiger partial charge in [-0.1, -0.05) is 0 Å². The summed E-state index contributed by atoms with van der Waals surface area (Å²) in [6.45, 7) is 3.16. The predicted octanol–water partition coefficient (Wildman–Crippen LogP) is 1.96. The fourth-order valence-corrected chi connectivity index (χ4v) is 3.57. The molecule has 5 nitrogen and oxygen atoms in total. The van der Waals surface area contributed by atoms with Crippen LogP contribution in [0.2, 0.25) is 0 Å². The molecule has 1 spiro atoms. The zero-order chi connectivity index (χ0) is 14.6. The van der Waals surface area contributed by atoms with Crippen molar-refractivity contribution in [3.8, 4) is 0 Å². The molecule has 1 aromatic heterocycles. The molecule has 0 bridgehead atoms. The van der Waals surface area contributed by atoms with E-state index >= 15 is 0 Å². The maximum absolute atomic E-state index is 12.8. The maximum Gasteiger partial charge on any atom is 0.237 e. The number of nitrogens with zero attached hydrogens (tertiary/aromatic N) is 3. The summed E-state index contributed by atoms with van der Waals surface area (Å²) in [5.41, 5.74) is 2.58. The van der Waals surface area contributed by atoms with E-state index in [0.29, 0.717) is 13.2 Å². The molecule has 2 aromatic rings. The standard InChI is InChI=1S/C16H17N3O2/c1-10-17-9-11-7-14-12(8-13(11)18-10)16(15(20)19(14)2)3-5-21-6-4-16/h7-9H,3-6H2,1-2H3. The molecule has 0 aliphatic carbocycles. The van der Waals surface area contributed by atoms with Crippen molar-refractivity contribution in [2.75, 3.05) is 25.2 Å². The average molecular weight is 283 g/mol. The van der Waals surface area contributed by atoms with Crippen molar-refractivity contribution in [1.82, 2.24) is 9.97 Å². The third-order valence-corrected chi connectivity index (χ3v) is 4.76. The van der Waals surface area contributed by atoms with Crippen LogP contribution in [0, 0.1) is 6.92 Å². The highest BCUT2D eigenvalue weighted by atomic mass is 16.5. The fourth-order valence-electron chi connectivity index (χ4n) is 3.57. The van der Waals surface area contributed by atoms with Gasteiger partial charge < -0.3 is 9.64 Å². The Morgan fingerprint density at radius 2 is 2.05 bits per heavy atom. The monoisotopic (exact) mass is 283 g/mol. The van der Waals surface area contributed by atoms with Gasteiger partial charge in [-0.2, -0.15) is 0 Å². The summed E-state index contributed by atoms with van der Waals surface area (Å²) in [6.07, 6.45) is 3.32. The minimum atomic E-state index is -0.421. The topological polar surface area (TPSA) is 55.3 Å². The molecule has 1 amide bonds. The zero-order valence-electron chi connectivity index (χ0n) is 12.2. The maximum atomic E-state index is 12.8. The Labute approximate surface area is 122 Å². The van der Waals surface area contributed by atoms with Gasteiger partial charge in [0, 0.05) is 37.5 Å². The highest BCUT2D eigenvalue weighted by Crippen LogP contribution is 2.48. The molecule has 0 radical (unpaired) electrons. The number of benzene rings is 1. The molecule has 0 N–H and O–H groups in total. The van der Waals surface area contributed by atoms with Crippen LogP contribution in [0.15, 0.2) is 18.3 Å². The number of aryl methyl sites for hydroxylation is 1. The molecule has 0 saturated carbocycles. The van der Waals surface area contributed by atoms with Crippen LogP contribution in [0.4, 0.5) is 5.69 Å². The first kappa shape index (κ1) is 12.7. The van der Waals surface area contributed by atoms with Crippen LogP contribution in [0.25, 0.3) is 10.9 Å². The molecule has 5 heteroatoms. The van der Waals surface area contributed by atoms with E-state index in [2.05, 4.69) is 16.0 Å². The van der Waals surface area contributed by atoms with E-state index in [9.17, 15) is 4.79 Å². The Balaban J connectivity index is 1.98. The molecule has 4 rings (SSSR count). The second kappa shape index (κ2) is 4.24. The van der Waals surface area contributed by atoms with Gasteiger partial charge >= 0.3 is 0 Å². The van der Waals surface area contributed by atoms with E-state index in [-0.39, 0.29) is 5.91 Å². The summed E-state index contributed by atoms with van der Waals surface area (Å²) in [5, 5.41) is 0.975. The number of fused-ring (bicyclic) bond motifs is 3. The van der Waals surface area contributed by atoms with Crippen LogP contribution < -0.4 is 4.90 Å². The lowest BCUT2D eigenvalue weighted by molar-refractivity contribution is -0.126. The second-order valence-corrected chi connectivity index (χ2v) is 5.90. The number of amides is 1. The van der Waals surface area contributed by atoms with Gasteiger partial charge in [0.15, 0.2) is 0 Å². The summed E-state index contributed by atoms with van der Waals surface area (Å²) in [7, 11) is 1.85. The van der Waals surface area contributed by atoms with Gasteiger partial charge in [0.1, 0.15) is 5.82 Å². The average Bonchev–Trinajstić information content (AvgIpc) is 2.69. The van der Waals surface area contributed by atoms with Crippen molar-refractivity contribution < 1.29 is 9.53 Å². The van der Waals surface area contributed by atoms with Crippen LogP contribution in [-0.2, 0) is 14.9 Å². The Kier molecular flexibility index (Phi) is 2.57. The second-order valence-electron chi connectivity index (χ2n) is 5.90. The molecule has 21 heavy (non-hydrogen) atoms. The number of carbonyl (C=O) groups is 1. The number of aromatic nitrogens is 2. The molecular weight excluding hydrogens is 266 g/mol. The minimum absolute atomic E-state index is 0.181. The van der Waals surface area contributed by atoms with Gasteiger partial charge in [0.25, 0.3) is 0 Å². The highest BCUT2D eigenvalue weighted by molar-refractivity contribution is 6.09. The normalized spacial score (nSPS) is 20.3. The third-order valence-electron chi connectivity index (χ3n) is 4.76. The molecule has 2 aliphatic rings. The number of ether oxygens (including phenoxy) is 1. The lowest BCUT2D eigenvalue weighted by Gasteiger charge is -2.32. The molecule has 0 atom stereocenters. The quantitative estimate of drug-likeness (QED) is 0.741. The first-order valence-corrected chi connectivity index (χ1v) is 7.26. The van der Waals surface area contributed by atoms with Crippen molar-refractivity contribution >= 4 is 22.5 Å². The van der Waals surface area contributed by atoms with Crippen LogP contribution in [0.5, 0.6) is 0 Å². The van der Waals surface area contributed by atoms with Crippen LogP contribution in [-0.4, -0.2) is 36.1 Å². The number of hydrogen-bond acceptors (Lipinski definition) is 4. The van der Waals surface area contributed by atoms with Crippen molar-refractivity contribution in [2.24, 2.45) is 0 Å². The van der Waals surface area contributed by atoms with Crippen molar-refractivity contribution in [2.45, 2.75) is 25.2 Å². The number of carbonyl (C=O) groups excluding carboxylic acids is 1. The van der Waals surface area contributed by atoms with Crippen LogP contribution in [0.3, 0.4) is 0 Å². The molecule has 1 aromatic carbocycles. The predicted molar refractivity (Wildman–Crippen MR) is 79.4 cm³/mol. The SMILES string of the molecule is Cc1ncc2cc3c(cc2n1)C1(CCOCC1)C(=O)N3C. The molecule has 108 valence electrons. The molecule has 3 heterocycles. The Bertz CT molecular complexity index is 751. The van der Waals surface area contributed by atoms with Gasteiger partial charge in [-0.15, -0.1) is 0 Å². The molecule has 2 aliphatic heterocycles. The third kappa shape index (κ3) is 1.64. The van der Waals surface area contributed by atoms with E-state index in [0.717, 1.165) is 40.8 Å². The highest BCUT2D eigenvalue weighted by Gasteiger charge is 2.50. The van der Waals surface area contributed by atoms with E-state index < -0.39 is 5.41 Å². The molecule has 0 unspecified atom stereocenters. The van der Waals surface area contributed by atoms with E-state index in [1.54, 1.807) is 4.90 Å². The van der Waals surface area contributed by atoms with Crippen LogP contribution in [0.1, 0.15) is 24.2 Å². The van der Waals surface area contributed by atoms with Crippen molar-refractivity contribution in [3.63, 3.8) is 0 Å². The fraction of sp³-hybridized carbons (Fsp3) is 0.438. The van der Waals surface area contributed by atoms with Crippen molar-refractivity contribution in [3.05, 3.63) is 29.7 Å². The zero-order valence-corrected chi connectivity index (χ0v) is 12.2. The summed E-state index contributed by atoms with van der Waals surface area (Å²) in [4.78, 5) is 23.4. The van der Waals surface area contributed by atoms with E-state index in [4.69, 9.17) is 4.74 Å². The lowest BCUT2D eigenvalue weighted by atomic mass is 9.75. The van der Waals surface area contributed by atoms with Gasteiger partial charge in [-0.25, -0.2) is 9.97 Å². The van der Waals surface area contributed by atoms with Crippen molar-refractivity contribution in [1.29, 1.82) is 0 Å². The molecule has 1 fully saturated rings. The first-order chi connectivity index (χ1) is 10.1. The molecular formula is C16H17N3O2. The number of rotatable bonds is 0. The summed E-state index contributed by atoms with van der Waals surface area (Å²) in [5.74, 6) is 0.932.